The second kappa shape index (κ2) is 4.86. The van der Waals surface area contributed by atoms with Crippen LogP contribution in [-0.2, 0) is 0 Å². The van der Waals surface area contributed by atoms with Crippen molar-refractivity contribution >= 4 is 5.91 Å². The zero-order valence-electron chi connectivity index (χ0n) is 10.3. The van der Waals surface area contributed by atoms with Crippen LogP contribution >= 0.6 is 0 Å². The third-order valence-electron chi connectivity index (χ3n) is 3.45. The van der Waals surface area contributed by atoms with Crippen LogP contribution in [0.2, 0.25) is 0 Å². The van der Waals surface area contributed by atoms with E-state index in [-0.39, 0.29) is 29.0 Å². The number of carbonyl (C=O) groups is 1. The molecular formula is C13H18N2O3. The van der Waals surface area contributed by atoms with Crippen LogP contribution in [0.15, 0.2) is 18.2 Å². The number of aromatic hydroxyl groups is 2. The lowest BCUT2D eigenvalue weighted by molar-refractivity contribution is 0.0671. The van der Waals surface area contributed by atoms with Crippen LogP contribution in [0.25, 0.3) is 0 Å². The zero-order valence-corrected chi connectivity index (χ0v) is 10.3. The molecule has 1 aromatic rings. The minimum Gasteiger partial charge on any atom is -0.508 e. The van der Waals surface area contributed by atoms with Crippen LogP contribution in [0.4, 0.5) is 0 Å². The van der Waals surface area contributed by atoms with Gasteiger partial charge < -0.3 is 20.8 Å². The highest BCUT2D eigenvalue weighted by molar-refractivity contribution is 5.95. The summed E-state index contributed by atoms with van der Waals surface area (Å²) in [5.41, 5.74) is 6.24. The lowest BCUT2D eigenvalue weighted by atomic mass is 9.94. The van der Waals surface area contributed by atoms with E-state index in [1.165, 1.54) is 18.2 Å². The second-order valence-corrected chi connectivity index (χ2v) is 4.92. The topological polar surface area (TPSA) is 86.8 Å². The minimum atomic E-state index is -0.205. The predicted molar refractivity (Wildman–Crippen MR) is 67.4 cm³/mol. The maximum Gasteiger partial charge on any atom is 0.254 e. The highest BCUT2D eigenvalue weighted by Gasteiger charge is 2.27. The van der Waals surface area contributed by atoms with Gasteiger partial charge in [-0.05, 0) is 24.5 Å². The summed E-state index contributed by atoms with van der Waals surface area (Å²) in [6.45, 7) is 3.24. The molecule has 1 fully saturated rings. The van der Waals surface area contributed by atoms with Gasteiger partial charge in [0.05, 0.1) is 0 Å². The largest absolute Gasteiger partial charge is 0.508 e. The molecule has 1 saturated heterocycles. The molecule has 1 aliphatic rings. The number of carbonyl (C=O) groups excluding carboxylic acids is 1. The molecule has 1 aliphatic heterocycles. The Kier molecular flexibility index (Phi) is 3.43. The molecule has 2 unspecified atom stereocenters. The lowest BCUT2D eigenvalue weighted by Gasteiger charge is -2.35. The van der Waals surface area contributed by atoms with E-state index in [1.54, 1.807) is 4.90 Å². The van der Waals surface area contributed by atoms with Crippen molar-refractivity contribution in [2.75, 3.05) is 13.1 Å². The van der Waals surface area contributed by atoms with E-state index < -0.39 is 0 Å². The fraction of sp³-hybridized carbons (Fsp3) is 0.462. The van der Waals surface area contributed by atoms with Crippen LogP contribution in [-0.4, -0.2) is 40.2 Å². The molecule has 5 heteroatoms. The van der Waals surface area contributed by atoms with E-state index >= 15 is 0 Å². The van der Waals surface area contributed by atoms with Gasteiger partial charge in [-0.2, -0.15) is 0 Å². The first kappa shape index (κ1) is 12.7. The maximum atomic E-state index is 12.2. The van der Waals surface area contributed by atoms with Crippen molar-refractivity contribution in [3.63, 3.8) is 0 Å². The Morgan fingerprint density at radius 2 is 1.94 bits per heavy atom. The van der Waals surface area contributed by atoms with Crippen molar-refractivity contribution < 1.29 is 15.0 Å². The number of benzene rings is 1. The van der Waals surface area contributed by atoms with Gasteiger partial charge in [-0.25, -0.2) is 0 Å². The Morgan fingerprint density at radius 1 is 1.33 bits per heavy atom. The summed E-state index contributed by atoms with van der Waals surface area (Å²) in [7, 11) is 0. The molecule has 0 bridgehead atoms. The summed E-state index contributed by atoms with van der Waals surface area (Å²) in [6, 6.07) is 3.88. The quantitative estimate of drug-likeness (QED) is 0.691. The highest BCUT2D eigenvalue weighted by atomic mass is 16.3. The van der Waals surface area contributed by atoms with Gasteiger partial charge in [-0.1, -0.05) is 6.92 Å². The molecule has 1 heterocycles. The molecule has 1 amide bonds. The molecule has 98 valence electrons. The van der Waals surface area contributed by atoms with Crippen LogP contribution in [0.3, 0.4) is 0 Å². The minimum absolute atomic E-state index is 0.0198. The normalized spacial score (nSPS) is 24.0. The Hall–Kier alpha value is -1.75. The third kappa shape index (κ3) is 2.56. The number of piperidine rings is 1. The van der Waals surface area contributed by atoms with Crippen LogP contribution in [0.1, 0.15) is 23.7 Å². The molecule has 0 aromatic heterocycles. The summed E-state index contributed by atoms with van der Waals surface area (Å²) >= 11 is 0. The van der Waals surface area contributed by atoms with Crippen molar-refractivity contribution in [3.8, 4) is 11.5 Å². The third-order valence-corrected chi connectivity index (χ3v) is 3.45. The van der Waals surface area contributed by atoms with Gasteiger partial charge in [0, 0.05) is 30.8 Å². The number of amides is 1. The van der Waals surface area contributed by atoms with E-state index in [1.807, 2.05) is 0 Å². The average Bonchev–Trinajstić information content (AvgIpc) is 2.30. The summed E-state index contributed by atoms with van der Waals surface area (Å²) in [6.07, 6.45) is 0.873. The van der Waals surface area contributed by atoms with Crippen LogP contribution in [0.5, 0.6) is 11.5 Å². The number of phenolic OH excluding ortho intramolecular Hbond substituents is 2. The molecule has 5 nitrogen and oxygen atoms in total. The number of phenols is 2. The van der Waals surface area contributed by atoms with E-state index in [9.17, 15) is 15.0 Å². The predicted octanol–water partition coefficient (Wildman–Crippen LogP) is 0.907. The highest BCUT2D eigenvalue weighted by Crippen LogP contribution is 2.23. The molecule has 0 radical (unpaired) electrons. The van der Waals surface area contributed by atoms with Gasteiger partial charge in [-0.15, -0.1) is 0 Å². The molecule has 0 spiro atoms. The molecule has 2 atom stereocenters. The van der Waals surface area contributed by atoms with Gasteiger partial charge in [-0.3, -0.25) is 4.79 Å². The number of nitrogens with two attached hydrogens (primary N) is 1. The molecular weight excluding hydrogens is 232 g/mol. The lowest BCUT2D eigenvalue weighted by Crippen LogP contribution is -2.49. The number of likely N-dealkylation sites (tertiary alicyclic amines) is 1. The SMILES string of the molecule is CC1CCN(C(=O)c2cc(O)cc(O)c2)CC1N. The number of hydrogen-bond acceptors (Lipinski definition) is 4. The molecule has 2 rings (SSSR count). The van der Waals surface area contributed by atoms with Gasteiger partial charge >= 0.3 is 0 Å². The van der Waals surface area contributed by atoms with Crippen LogP contribution < -0.4 is 5.73 Å². The van der Waals surface area contributed by atoms with Gasteiger partial charge in [0.15, 0.2) is 0 Å². The van der Waals surface area contributed by atoms with Gasteiger partial charge in [0.25, 0.3) is 5.91 Å². The number of nitrogens with zero attached hydrogens (tertiary/aromatic N) is 1. The second-order valence-electron chi connectivity index (χ2n) is 4.92. The standard InChI is InChI=1S/C13H18N2O3/c1-8-2-3-15(7-12(8)14)13(18)9-4-10(16)6-11(17)5-9/h4-6,8,12,16-17H,2-3,7,14H2,1H3. The van der Waals surface area contributed by atoms with E-state index in [0.717, 1.165) is 6.42 Å². The van der Waals surface area contributed by atoms with Gasteiger partial charge in [0.2, 0.25) is 0 Å². The van der Waals surface area contributed by atoms with Crippen molar-refractivity contribution in [2.45, 2.75) is 19.4 Å². The average molecular weight is 250 g/mol. The van der Waals surface area contributed by atoms with E-state index in [0.29, 0.717) is 19.0 Å². The molecule has 0 aliphatic carbocycles. The molecule has 1 aromatic carbocycles. The van der Waals surface area contributed by atoms with Gasteiger partial charge in [0.1, 0.15) is 11.5 Å². The van der Waals surface area contributed by atoms with Crippen molar-refractivity contribution in [1.82, 2.24) is 4.90 Å². The molecule has 18 heavy (non-hydrogen) atoms. The fourth-order valence-electron chi connectivity index (χ4n) is 2.18. The van der Waals surface area contributed by atoms with E-state index in [4.69, 9.17) is 5.73 Å². The zero-order chi connectivity index (χ0) is 13.3. The first-order valence-electron chi connectivity index (χ1n) is 6.05. The summed E-state index contributed by atoms with van der Waals surface area (Å²) in [5.74, 6) is -0.0313. The number of hydrogen-bond donors (Lipinski definition) is 3. The first-order chi connectivity index (χ1) is 8.47. The Balaban J connectivity index is 2.16. The maximum absolute atomic E-state index is 12.2. The first-order valence-corrected chi connectivity index (χ1v) is 6.05. The Labute approximate surface area is 106 Å². The van der Waals surface area contributed by atoms with E-state index in [2.05, 4.69) is 6.92 Å². The van der Waals surface area contributed by atoms with Crippen LogP contribution in [0, 0.1) is 5.92 Å². The molecule has 4 N–H and O–H groups in total. The fourth-order valence-corrected chi connectivity index (χ4v) is 2.18. The Morgan fingerprint density at radius 3 is 2.50 bits per heavy atom. The summed E-state index contributed by atoms with van der Waals surface area (Å²) in [4.78, 5) is 13.9. The molecule has 0 saturated carbocycles. The monoisotopic (exact) mass is 250 g/mol. The Bertz CT molecular complexity index is 441. The van der Waals surface area contributed by atoms with Crippen molar-refractivity contribution in [1.29, 1.82) is 0 Å². The number of rotatable bonds is 1. The summed E-state index contributed by atoms with van der Waals surface area (Å²) in [5, 5.41) is 18.8. The summed E-state index contributed by atoms with van der Waals surface area (Å²) < 4.78 is 0. The smallest absolute Gasteiger partial charge is 0.254 e. The van der Waals surface area contributed by atoms with Crippen molar-refractivity contribution in [2.24, 2.45) is 11.7 Å². The van der Waals surface area contributed by atoms with Crippen molar-refractivity contribution in [3.05, 3.63) is 23.8 Å².